The Morgan fingerprint density at radius 1 is 0.500 bits per heavy atom. The summed E-state index contributed by atoms with van der Waals surface area (Å²) in [6.07, 6.45) is 25.8. The first kappa shape index (κ1) is 81.0. The third-order valence-electron chi connectivity index (χ3n) is 22.3. The van der Waals surface area contributed by atoms with E-state index in [0.717, 1.165) is 99.8 Å². The number of nitrogens with one attached hydrogen (secondary N) is 2. The average molecular weight is 1620 g/mol. The summed E-state index contributed by atoms with van der Waals surface area (Å²) < 4.78 is 36.3. The summed E-state index contributed by atoms with van der Waals surface area (Å²) in [6.45, 7) is 19.0. The lowest BCUT2D eigenvalue weighted by molar-refractivity contribution is -0.0245. The molecule has 16 nitrogen and oxygen atoms in total. The Morgan fingerprint density at radius 2 is 0.929 bits per heavy atom. The lowest BCUT2D eigenvalue weighted by atomic mass is 9.75. The van der Waals surface area contributed by atoms with Crippen molar-refractivity contribution in [1.82, 2.24) is 9.97 Å². The molecule has 8 aliphatic rings. The number of anilines is 2. The SMILES string of the molecule is CC#Cc1cccc(-c2csc(C3(C)CC4(CC4)SC(N)=N3)c2)c1.CC#Cc1cccc(-c2csc(C3(C)CC4(CCCCC4)OC(N)=N3)c2)c1.CC1(c2cc(NC(=O)c3ccc(Cl)cn3)ccc2F)CC2(CCCCC2)SC(N)=N1.[C-]#[N+]c1ccc(C(=O)Nc2ccc(F)c(C3(C)CC4(CCCCC4)SC(N)=N3)c2)nc1. The Hall–Kier alpha value is -8.99. The van der Waals surface area contributed by atoms with Crippen molar-refractivity contribution in [3.05, 3.63) is 216 Å². The minimum absolute atomic E-state index is 0.00223. The Balaban J connectivity index is 0.000000131. The van der Waals surface area contributed by atoms with E-state index in [1.165, 1.54) is 126 Å². The van der Waals surface area contributed by atoms with Crippen LogP contribution in [0.15, 0.2) is 164 Å². The molecule has 10 N–H and O–H groups in total. The number of nitrogens with zero attached hydrogens (tertiary/aromatic N) is 7. The summed E-state index contributed by atoms with van der Waals surface area (Å²) >= 11 is 14.4. The molecule has 4 aliphatic heterocycles. The first-order valence-electron chi connectivity index (χ1n) is 38.2. The van der Waals surface area contributed by atoms with Crippen LogP contribution in [-0.2, 0) is 26.9 Å². The molecule has 24 heteroatoms. The van der Waals surface area contributed by atoms with Crippen molar-refractivity contribution in [2.75, 3.05) is 10.6 Å². The van der Waals surface area contributed by atoms with Crippen LogP contribution < -0.4 is 33.6 Å². The van der Waals surface area contributed by atoms with Gasteiger partial charge in [-0.3, -0.25) is 29.6 Å². The maximum atomic E-state index is 15.0. The minimum atomic E-state index is -0.799. The van der Waals surface area contributed by atoms with Gasteiger partial charge in [0.05, 0.1) is 28.2 Å². The molecule has 0 saturated heterocycles. The molecule has 0 radical (unpaired) electrons. The number of hydrogen-bond acceptors (Lipinski definition) is 18. The summed E-state index contributed by atoms with van der Waals surface area (Å²) in [6, 6.07) is 37.0. The number of nitrogens with two attached hydrogens (primary N) is 4. The van der Waals surface area contributed by atoms with Gasteiger partial charge in [0.2, 0.25) is 5.69 Å². The van der Waals surface area contributed by atoms with Crippen molar-refractivity contribution in [1.29, 1.82) is 0 Å². The highest BCUT2D eigenvalue weighted by molar-refractivity contribution is 8.15. The summed E-state index contributed by atoms with van der Waals surface area (Å²) in [5, 5.41) is 12.2. The molecule has 4 unspecified atom stereocenters. The van der Waals surface area contributed by atoms with Gasteiger partial charge in [-0.05, 0) is 249 Å². The van der Waals surface area contributed by atoms with Gasteiger partial charge >= 0.3 is 0 Å². The van der Waals surface area contributed by atoms with Crippen LogP contribution in [0.4, 0.5) is 25.8 Å². The number of carbonyl (C=O) groups excluding carboxylic acids is 2. The molecule has 4 aromatic heterocycles. The molecule has 8 heterocycles. The van der Waals surface area contributed by atoms with Gasteiger partial charge in [-0.15, -0.1) is 34.5 Å². The van der Waals surface area contributed by atoms with Crippen molar-refractivity contribution in [3.8, 4) is 45.9 Å². The topological polar surface area (TPSA) is 251 Å². The fraction of sp³-hybridized carbons (Fsp3) is 0.398. The molecule has 2 amide bonds. The van der Waals surface area contributed by atoms with Crippen LogP contribution in [0.1, 0.15) is 229 Å². The van der Waals surface area contributed by atoms with E-state index in [0.29, 0.717) is 60.7 Å². The van der Waals surface area contributed by atoms with Gasteiger partial charge in [0.25, 0.3) is 17.8 Å². The summed E-state index contributed by atoms with van der Waals surface area (Å²) in [4.78, 5) is 57.8. The molecule has 4 aromatic carbocycles. The van der Waals surface area contributed by atoms with Crippen LogP contribution in [0, 0.1) is 41.9 Å². The smallest absolute Gasteiger partial charge is 0.283 e. The molecule has 16 rings (SSSR count). The maximum absolute atomic E-state index is 15.0. The van der Waals surface area contributed by atoms with Crippen LogP contribution >= 0.6 is 69.6 Å². The van der Waals surface area contributed by atoms with E-state index in [2.05, 4.69) is 138 Å². The minimum Gasteiger partial charge on any atom is -0.459 e. The first-order chi connectivity index (χ1) is 53.6. The fourth-order valence-electron chi connectivity index (χ4n) is 17.1. The van der Waals surface area contributed by atoms with Crippen LogP contribution in [-0.4, -0.2) is 63.1 Å². The third-order valence-corrected chi connectivity index (χ3v) is 28.8. The molecular formula is C88H94ClF2N13O3S5. The number of ether oxygens (including phenoxy) is 1. The van der Waals surface area contributed by atoms with Crippen LogP contribution in [0.25, 0.3) is 27.1 Å². The Bertz CT molecular complexity index is 5150. The van der Waals surface area contributed by atoms with Crippen molar-refractivity contribution in [2.45, 2.75) is 218 Å². The van der Waals surface area contributed by atoms with Gasteiger partial charge in [-0.25, -0.2) is 23.6 Å². The van der Waals surface area contributed by atoms with Crippen LogP contribution in [0.2, 0.25) is 5.02 Å². The van der Waals surface area contributed by atoms with Gasteiger partial charge < -0.3 is 38.3 Å². The van der Waals surface area contributed by atoms with Crippen molar-refractivity contribution in [3.63, 3.8) is 0 Å². The third kappa shape index (κ3) is 19.1. The summed E-state index contributed by atoms with van der Waals surface area (Å²) in [5.41, 5.74) is 32.0. The number of thioether (sulfide) groups is 3. The molecule has 4 saturated carbocycles. The van der Waals surface area contributed by atoms with E-state index in [9.17, 15) is 18.4 Å². The summed E-state index contributed by atoms with van der Waals surface area (Å²) in [5.74, 6) is 10.7. The maximum Gasteiger partial charge on any atom is 0.283 e. The van der Waals surface area contributed by atoms with E-state index in [-0.39, 0.29) is 55.1 Å². The second-order valence-electron chi connectivity index (χ2n) is 31.4. The number of carbonyl (C=O) groups is 2. The molecule has 4 spiro atoms. The zero-order valence-electron chi connectivity index (χ0n) is 64.0. The van der Waals surface area contributed by atoms with E-state index >= 15 is 0 Å². The van der Waals surface area contributed by atoms with E-state index in [1.54, 1.807) is 82.2 Å². The second-order valence-corrected chi connectivity index (χ2v) is 38.1. The van der Waals surface area contributed by atoms with E-state index < -0.39 is 17.0 Å². The second kappa shape index (κ2) is 34.0. The van der Waals surface area contributed by atoms with Gasteiger partial charge in [0, 0.05) is 76.4 Å². The number of pyridine rings is 2. The molecule has 4 atom stereocenters. The predicted molar refractivity (Wildman–Crippen MR) is 461 cm³/mol. The largest absolute Gasteiger partial charge is 0.459 e. The summed E-state index contributed by atoms with van der Waals surface area (Å²) in [7, 11) is 0. The average Bonchev–Trinajstić information content (AvgIpc) is 1.61. The number of benzene rings is 4. The number of halogens is 3. The highest BCUT2D eigenvalue weighted by atomic mass is 35.5. The Kier molecular flexibility index (Phi) is 24.6. The number of amidine groups is 4. The van der Waals surface area contributed by atoms with Gasteiger partial charge in [0.15, 0.2) is 15.5 Å². The predicted octanol–water partition coefficient (Wildman–Crippen LogP) is 21.3. The van der Waals surface area contributed by atoms with Gasteiger partial charge in [-0.1, -0.05) is 134 Å². The standard InChI is InChI=1S/C23H24FN5OS.C23H26N2OS.C22H24ClFN4OS.C20H20N2S2/c1-22(14-23(31-21(25)29-22)10-4-3-5-11-23)17-12-15(6-8-18(17)24)28-20(30)19-9-7-16(26-2)13-27-19;1-3-8-17-9-7-10-18(13-17)19-14-20(27-15-19)22(2)16-23(26-21(24)25-22)11-5-4-6-12-23;1-21(13-22(30-20(25)28-21)9-3-2-4-10-22)16-11-15(6-7-17(16)24)27-19(29)18-8-5-14(23)12-26-18;1-3-5-14-6-4-7-15(10-14)16-11-17(23-12-16)19(2)13-20(8-9-20)24-18(21)22-19/h6-9,12-13H,3-5,10-11,14H2,1H3,(H2,25,29)(H,28,30);7,9-10,13-15H,4-6,11-12,16H2,1-2H3,(H2,24,25);5-8,11-12H,2-4,9-10,13H2,1H3,(H2,25,28)(H,27,29);4,6-7,10-12H,8-9,13H2,1-2H3,(H2,21,22). The zero-order chi connectivity index (χ0) is 79.1. The Morgan fingerprint density at radius 3 is 1.36 bits per heavy atom. The number of hydrogen-bond donors (Lipinski definition) is 6. The van der Waals surface area contributed by atoms with Crippen LogP contribution in [0.3, 0.4) is 0 Å². The highest BCUT2D eigenvalue weighted by Crippen LogP contribution is 2.60. The molecule has 112 heavy (non-hydrogen) atoms. The van der Waals surface area contributed by atoms with Gasteiger partial charge in [-0.2, -0.15) is 0 Å². The number of amides is 2. The molecule has 0 bridgehead atoms. The van der Waals surface area contributed by atoms with Crippen molar-refractivity contribution in [2.24, 2.45) is 42.9 Å². The van der Waals surface area contributed by atoms with E-state index in [4.69, 9.17) is 55.8 Å². The number of rotatable bonds is 10. The molecular weight excluding hydrogens is 1520 g/mol. The lowest BCUT2D eigenvalue weighted by Crippen LogP contribution is -2.49. The number of aliphatic imine (C=N–C) groups is 4. The normalized spacial score (nSPS) is 23.3. The number of aromatic nitrogens is 2. The first-order valence-corrected chi connectivity index (χ1v) is 42.8. The molecule has 8 aromatic rings. The monoisotopic (exact) mass is 1610 g/mol. The lowest BCUT2D eigenvalue weighted by Gasteiger charge is -2.45. The van der Waals surface area contributed by atoms with Gasteiger partial charge in [0.1, 0.15) is 34.2 Å². The van der Waals surface area contributed by atoms with Crippen LogP contribution in [0.5, 0.6) is 0 Å². The molecule has 4 aliphatic carbocycles. The fourth-order valence-corrected chi connectivity index (χ4v) is 23.7. The zero-order valence-corrected chi connectivity index (χ0v) is 68.9. The molecule has 4 fully saturated rings. The number of thiophene rings is 2. The quantitative estimate of drug-likeness (QED) is 0.0552. The van der Waals surface area contributed by atoms with E-state index in [1.807, 2.05) is 33.8 Å². The van der Waals surface area contributed by atoms with Crippen molar-refractivity contribution >= 4 is 120 Å². The highest BCUT2D eigenvalue weighted by Gasteiger charge is 2.54. The van der Waals surface area contributed by atoms with Crippen molar-refractivity contribution < 1.29 is 23.1 Å². The molecule has 580 valence electrons. The Labute approximate surface area is 681 Å².